The van der Waals surface area contributed by atoms with Crippen LogP contribution in [0.2, 0.25) is 0 Å². The molecule has 1 N–H and O–H groups in total. The van der Waals surface area contributed by atoms with Crippen LogP contribution in [0.25, 0.3) is 0 Å². The van der Waals surface area contributed by atoms with Gasteiger partial charge in [0.25, 0.3) is 0 Å². The van der Waals surface area contributed by atoms with Crippen molar-refractivity contribution >= 4 is 0 Å². The molecule has 2 aromatic rings. The fourth-order valence-electron chi connectivity index (χ4n) is 2.77. The van der Waals surface area contributed by atoms with Gasteiger partial charge in [-0.15, -0.1) is 0 Å². The number of hydrogen-bond acceptors (Lipinski definition) is 2. The Morgan fingerprint density at radius 1 is 1.10 bits per heavy atom. The van der Waals surface area contributed by atoms with E-state index in [-0.39, 0.29) is 0 Å². The molecule has 1 unspecified atom stereocenters. The Bertz CT molecular complexity index is 579. The van der Waals surface area contributed by atoms with E-state index in [0.29, 0.717) is 0 Å². The smallest absolute Gasteiger partial charge is 0.124 e. The highest BCUT2D eigenvalue weighted by Crippen LogP contribution is 2.31. The van der Waals surface area contributed by atoms with Crippen molar-refractivity contribution in [3.8, 4) is 5.75 Å². The highest BCUT2D eigenvalue weighted by molar-refractivity contribution is 5.46. The second-order valence-corrected chi connectivity index (χ2v) is 5.14. The minimum Gasteiger partial charge on any atom is -0.496 e. The van der Waals surface area contributed by atoms with E-state index in [1.165, 1.54) is 5.56 Å². The van der Waals surface area contributed by atoms with Crippen LogP contribution in [0.15, 0.2) is 36.4 Å². The van der Waals surface area contributed by atoms with Gasteiger partial charge in [0.15, 0.2) is 0 Å². The molecule has 0 spiro atoms. The summed E-state index contributed by atoms with van der Waals surface area (Å²) in [6, 6.07) is 12.1. The molecule has 0 saturated heterocycles. The van der Waals surface area contributed by atoms with Crippen molar-refractivity contribution in [3.05, 3.63) is 64.2 Å². The monoisotopic (exact) mass is 270 g/mol. The fraction of sp³-hybridized carbons (Fsp3) is 0.333. The van der Waals surface area contributed by atoms with Gasteiger partial charge in [-0.25, -0.2) is 0 Å². The van der Waals surface area contributed by atoms with Gasteiger partial charge in [0, 0.05) is 0 Å². The molecular formula is C18H22O2. The third-order valence-electron chi connectivity index (χ3n) is 3.73. The highest BCUT2D eigenvalue weighted by Gasteiger charge is 2.16. The lowest BCUT2D eigenvalue weighted by Gasteiger charge is -2.18. The maximum absolute atomic E-state index is 10.7. The second-order valence-electron chi connectivity index (χ2n) is 5.14. The largest absolute Gasteiger partial charge is 0.496 e. The number of methoxy groups -OCH3 is 1. The van der Waals surface area contributed by atoms with Crippen molar-refractivity contribution in [1.82, 2.24) is 0 Å². The molecule has 0 aliphatic rings. The first kappa shape index (κ1) is 14.6. The van der Waals surface area contributed by atoms with E-state index in [2.05, 4.69) is 13.0 Å². The van der Waals surface area contributed by atoms with Crippen LogP contribution in [0.4, 0.5) is 0 Å². The van der Waals surface area contributed by atoms with Gasteiger partial charge >= 0.3 is 0 Å². The summed E-state index contributed by atoms with van der Waals surface area (Å²) >= 11 is 0. The van der Waals surface area contributed by atoms with Gasteiger partial charge in [-0.05, 0) is 60.2 Å². The number of rotatable bonds is 4. The third kappa shape index (κ3) is 2.70. The van der Waals surface area contributed by atoms with Crippen LogP contribution in [0.5, 0.6) is 5.75 Å². The average Bonchev–Trinajstić information content (AvgIpc) is 2.46. The van der Waals surface area contributed by atoms with Crippen molar-refractivity contribution < 1.29 is 9.84 Å². The number of aliphatic hydroxyl groups excluding tert-OH is 1. The van der Waals surface area contributed by atoms with Gasteiger partial charge in [0.2, 0.25) is 0 Å². The standard InChI is InChI=1S/C18H22O2/c1-5-14-8-6-7-9-16(14)17(19)15-10-12(2)18(20-4)13(3)11-15/h6-11,17,19H,5H2,1-4H3. The van der Waals surface area contributed by atoms with Crippen molar-refractivity contribution in [2.75, 3.05) is 7.11 Å². The molecular weight excluding hydrogens is 248 g/mol. The predicted octanol–water partition coefficient (Wildman–Crippen LogP) is 3.96. The van der Waals surface area contributed by atoms with E-state index in [9.17, 15) is 5.11 Å². The lowest BCUT2D eigenvalue weighted by Crippen LogP contribution is -2.05. The maximum Gasteiger partial charge on any atom is 0.124 e. The van der Waals surface area contributed by atoms with Crippen LogP contribution >= 0.6 is 0 Å². The summed E-state index contributed by atoms with van der Waals surface area (Å²) in [5, 5.41) is 10.7. The van der Waals surface area contributed by atoms with Crippen molar-refractivity contribution in [2.24, 2.45) is 0 Å². The molecule has 2 aromatic carbocycles. The molecule has 0 heterocycles. The van der Waals surface area contributed by atoms with Gasteiger partial charge < -0.3 is 9.84 Å². The van der Waals surface area contributed by atoms with Gasteiger partial charge in [-0.3, -0.25) is 0 Å². The first-order valence-electron chi connectivity index (χ1n) is 6.99. The van der Waals surface area contributed by atoms with Gasteiger partial charge in [0.1, 0.15) is 11.9 Å². The topological polar surface area (TPSA) is 29.5 Å². The van der Waals surface area contributed by atoms with Crippen molar-refractivity contribution in [3.63, 3.8) is 0 Å². The average molecular weight is 270 g/mol. The fourth-order valence-corrected chi connectivity index (χ4v) is 2.77. The number of ether oxygens (including phenoxy) is 1. The molecule has 0 saturated carbocycles. The molecule has 0 aliphatic carbocycles. The van der Waals surface area contributed by atoms with Crippen LogP contribution in [0.1, 0.15) is 40.8 Å². The summed E-state index contributed by atoms with van der Waals surface area (Å²) < 4.78 is 5.38. The molecule has 2 nitrogen and oxygen atoms in total. The molecule has 2 rings (SSSR count). The number of benzene rings is 2. The Hall–Kier alpha value is -1.80. The molecule has 0 bridgehead atoms. The number of aryl methyl sites for hydroxylation is 3. The lowest BCUT2D eigenvalue weighted by molar-refractivity contribution is 0.219. The third-order valence-corrected chi connectivity index (χ3v) is 3.73. The zero-order chi connectivity index (χ0) is 14.7. The van der Waals surface area contributed by atoms with E-state index >= 15 is 0 Å². The SMILES string of the molecule is CCc1ccccc1C(O)c1cc(C)c(OC)c(C)c1. The van der Waals surface area contributed by atoms with E-state index in [1.54, 1.807) is 7.11 Å². The molecule has 0 radical (unpaired) electrons. The Morgan fingerprint density at radius 3 is 2.25 bits per heavy atom. The molecule has 0 amide bonds. The van der Waals surface area contributed by atoms with Gasteiger partial charge in [-0.2, -0.15) is 0 Å². The summed E-state index contributed by atoms with van der Waals surface area (Å²) in [7, 11) is 1.68. The predicted molar refractivity (Wildman–Crippen MR) is 82.3 cm³/mol. The molecule has 106 valence electrons. The van der Waals surface area contributed by atoms with Crippen LogP contribution in [0, 0.1) is 13.8 Å². The molecule has 0 aliphatic heterocycles. The quantitative estimate of drug-likeness (QED) is 0.911. The van der Waals surface area contributed by atoms with E-state index < -0.39 is 6.10 Å². The molecule has 1 atom stereocenters. The first-order chi connectivity index (χ1) is 9.58. The minimum atomic E-state index is -0.588. The zero-order valence-corrected chi connectivity index (χ0v) is 12.6. The van der Waals surface area contributed by atoms with Crippen LogP contribution in [-0.2, 0) is 6.42 Å². The summed E-state index contributed by atoms with van der Waals surface area (Å²) in [4.78, 5) is 0. The highest BCUT2D eigenvalue weighted by atomic mass is 16.5. The summed E-state index contributed by atoms with van der Waals surface area (Å²) in [5.41, 5.74) is 5.19. The molecule has 2 heteroatoms. The van der Waals surface area contributed by atoms with Crippen molar-refractivity contribution in [1.29, 1.82) is 0 Å². The summed E-state index contributed by atoms with van der Waals surface area (Å²) in [6.07, 6.45) is 0.330. The lowest BCUT2D eigenvalue weighted by atomic mass is 9.93. The minimum absolute atomic E-state index is 0.588. The maximum atomic E-state index is 10.7. The zero-order valence-electron chi connectivity index (χ0n) is 12.6. The normalized spacial score (nSPS) is 12.2. The van der Waals surface area contributed by atoms with E-state index in [0.717, 1.165) is 34.4 Å². The molecule has 0 fully saturated rings. The Labute approximate surface area is 121 Å². The van der Waals surface area contributed by atoms with Crippen LogP contribution < -0.4 is 4.74 Å². The molecule has 20 heavy (non-hydrogen) atoms. The van der Waals surface area contributed by atoms with Gasteiger partial charge in [-0.1, -0.05) is 31.2 Å². The van der Waals surface area contributed by atoms with E-state index in [4.69, 9.17) is 4.74 Å². The van der Waals surface area contributed by atoms with E-state index in [1.807, 2.05) is 44.2 Å². The summed E-state index contributed by atoms with van der Waals surface area (Å²) in [5.74, 6) is 0.893. The number of aliphatic hydroxyl groups is 1. The Morgan fingerprint density at radius 2 is 1.70 bits per heavy atom. The van der Waals surface area contributed by atoms with Crippen molar-refractivity contribution in [2.45, 2.75) is 33.3 Å². The summed E-state index contributed by atoms with van der Waals surface area (Å²) in [6.45, 7) is 6.12. The Balaban J connectivity index is 2.46. The second kappa shape index (κ2) is 6.10. The molecule has 0 aromatic heterocycles. The Kier molecular flexibility index (Phi) is 4.46. The van der Waals surface area contributed by atoms with Crippen LogP contribution in [0.3, 0.4) is 0 Å². The number of hydrogen-bond donors (Lipinski definition) is 1. The first-order valence-corrected chi connectivity index (χ1v) is 6.99. The van der Waals surface area contributed by atoms with Crippen LogP contribution in [-0.4, -0.2) is 12.2 Å². The van der Waals surface area contributed by atoms with Gasteiger partial charge in [0.05, 0.1) is 7.11 Å².